The zero-order valence-corrected chi connectivity index (χ0v) is 12.7. The molecule has 0 saturated heterocycles. The van der Waals surface area contributed by atoms with Crippen molar-refractivity contribution >= 4 is 18.3 Å². The number of hydrogen-bond donors (Lipinski definition) is 2. The molecule has 0 saturated carbocycles. The average molecular weight is 298 g/mol. The van der Waals surface area contributed by atoms with E-state index in [-0.39, 0.29) is 6.10 Å². The minimum atomic E-state index is -1.45. The molecule has 22 heavy (non-hydrogen) atoms. The standard InChI is InChI=1S/C14H13BN2O3.C2H6/c18-15(19)12-5-3-10(4-6-12)13-8-14(20-17-13)11-2-1-7-16-9-11;1-2/h1-7,9,14,18-19H,8H2;1-2H3. The Kier molecular flexibility index (Phi) is 5.69. The van der Waals surface area contributed by atoms with Gasteiger partial charge in [0.05, 0.1) is 5.71 Å². The Balaban J connectivity index is 0.000000847. The molecule has 6 heteroatoms. The lowest BCUT2D eigenvalue weighted by molar-refractivity contribution is 0.0855. The van der Waals surface area contributed by atoms with Gasteiger partial charge < -0.3 is 14.9 Å². The van der Waals surface area contributed by atoms with E-state index in [0.29, 0.717) is 11.9 Å². The van der Waals surface area contributed by atoms with Crippen LogP contribution in [0.5, 0.6) is 0 Å². The molecule has 114 valence electrons. The maximum Gasteiger partial charge on any atom is 0.488 e. The summed E-state index contributed by atoms with van der Waals surface area (Å²) in [5, 5.41) is 22.2. The second-order valence-corrected chi connectivity index (χ2v) is 4.62. The molecule has 5 nitrogen and oxygen atoms in total. The highest BCUT2D eigenvalue weighted by atomic mass is 16.6. The molecule has 0 spiro atoms. The molecule has 2 heterocycles. The fraction of sp³-hybridized carbons (Fsp3) is 0.250. The Hall–Kier alpha value is -2.18. The van der Waals surface area contributed by atoms with Crippen LogP contribution in [0.1, 0.15) is 37.5 Å². The van der Waals surface area contributed by atoms with Crippen molar-refractivity contribution in [2.24, 2.45) is 5.16 Å². The van der Waals surface area contributed by atoms with Crippen LogP contribution in [0.4, 0.5) is 0 Å². The van der Waals surface area contributed by atoms with Crippen LogP contribution < -0.4 is 5.46 Å². The summed E-state index contributed by atoms with van der Waals surface area (Å²) in [5.41, 5.74) is 3.21. The molecule has 3 rings (SSSR count). The van der Waals surface area contributed by atoms with Gasteiger partial charge in [-0.15, -0.1) is 0 Å². The van der Waals surface area contributed by atoms with E-state index < -0.39 is 7.12 Å². The fourth-order valence-electron chi connectivity index (χ4n) is 2.14. The van der Waals surface area contributed by atoms with Crippen LogP contribution in [-0.4, -0.2) is 27.9 Å². The first-order chi connectivity index (χ1) is 10.7. The molecule has 1 aromatic heterocycles. The molecule has 1 aliphatic rings. The summed E-state index contributed by atoms with van der Waals surface area (Å²) in [6.45, 7) is 4.00. The molecular formula is C16H19BN2O3. The molecule has 0 radical (unpaired) electrons. The number of hydrogen-bond acceptors (Lipinski definition) is 5. The van der Waals surface area contributed by atoms with Crippen molar-refractivity contribution in [3.05, 3.63) is 59.9 Å². The van der Waals surface area contributed by atoms with Crippen LogP contribution in [0.3, 0.4) is 0 Å². The number of oxime groups is 1. The molecule has 1 unspecified atom stereocenters. The maximum absolute atomic E-state index is 9.06. The SMILES string of the molecule is CC.OB(O)c1ccc(C2=NOC(c3cccnc3)C2)cc1. The number of pyridine rings is 1. The van der Waals surface area contributed by atoms with Gasteiger partial charge in [-0.1, -0.05) is 49.3 Å². The minimum absolute atomic E-state index is 0.109. The average Bonchev–Trinajstić information content (AvgIpc) is 3.08. The smallest absolute Gasteiger partial charge is 0.423 e. The van der Waals surface area contributed by atoms with Crippen LogP contribution in [0, 0.1) is 0 Å². The summed E-state index contributed by atoms with van der Waals surface area (Å²) in [6.07, 6.45) is 4.06. The Morgan fingerprint density at radius 1 is 1.14 bits per heavy atom. The largest absolute Gasteiger partial charge is 0.488 e. The van der Waals surface area contributed by atoms with Crippen molar-refractivity contribution in [1.82, 2.24) is 4.98 Å². The molecule has 0 aliphatic carbocycles. The summed E-state index contributed by atoms with van der Waals surface area (Å²) in [4.78, 5) is 9.50. The molecule has 1 aromatic carbocycles. The summed E-state index contributed by atoms with van der Waals surface area (Å²) in [7, 11) is -1.45. The van der Waals surface area contributed by atoms with E-state index in [2.05, 4.69) is 10.1 Å². The topological polar surface area (TPSA) is 74.9 Å². The first-order valence-corrected chi connectivity index (χ1v) is 7.33. The monoisotopic (exact) mass is 298 g/mol. The van der Waals surface area contributed by atoms with Crippen LogP contribution in [0.15, 0.2) is 53.9 Å². The second-order valence-electron chi connectivity index (χ2n) is 4.62. The fourth-order valence-corrected chi connectivity index (χ4v) is 2.14. The third kappa shape index (κ3) is 3.72. The molecular weight excluding hydrogens is 279 g/mol. The van der Waals surface area contributed by atoms with Gasteiger partial charge in [0.1, 0.15) is 0 Å². The predicted molar refractivity (Wildman–Crippen MR) is 86.8 cm³/mol. The van der Waals surface area contributed by atoms with Gasteiger partial charge in [0.2, 0.25) is 0 Å². The van der Waals surface area contributed by atoms with E-state index in [1.165, 1.54) is 0 Å². The van der Waals surface area contributed by atoms with Crippen molar-refractivity contribution in [2.45, 2.75) is 26.4 Å². The van der Waals surface area contributed by atoms with E-state index in [1.54, 1.807) is 24.5 Å². The summed E-state index contributed by atoms with van der Waals surface area (Å²) in [6, 6.07) is 10.8. The normalized spacial score (nSPS) is 16.2. The molecule has 2 aromatic rings. The van der Waals surface area contributed by atoms with Crippen molar-refractivity contribution < 1.29 is 14.9 Å². The molecule has 0 bridgehead atoms. The van der Waals surface area contributed by atoms with Crippen molar-refractivity contribution in [2.75, 3.05) is 0 Å². The van der Waals surface area contributed by atoms with E-state index in [1.807, 2.05) is 38.1 Å². The number of rotatable bonds is 3. The van der Waals surface area contributed by atoms with Crippen LogP contribution >= 0.6 is 0 Å². The maximum atomic E-state index is 9.06. The van der Waals surface area contributed by atoms with Gasteiger partial charge in [0.15, 0.2) is 6.10 Å². The lowest BCUT2D eigenvalue weighted by Crippen LogP contribution is -2.29. The summed E-state index contributed by atoms with van der Waals surface area (Å²) >= 11 is 0. The zero-order valence-electron chi connectivity index (χ0n) is 12.7. The van der Waals surface area contributed by atoms with Gasteiger partial charge in [0, 0.05) is 24.4 Å². The van der Waals surface area contributed by atoms with Crippen molar-refractivity contribution in [3.63, 3.8) is 0 Å². The van der Waals surface area contributed by atoms with Crippen LogP contribution in [0.25, 0.3) is 0 Å². The number of nitrogens with zero attached hydrogens (tertiary/aromatic N) is 2. The van der Waals surface area contributed by atoms with Gasteiger partial charge in [-0.2, -0.15) is 0 Å². The van der Waals surface area contributed by atoms with E-state index in [4.69, 9.17) is 14.9 Å². The van der Waals surface area contributed by atoms with Gasteiger partial charge in [-0.05, 0) is 17.1 Å². The number of benzene rings is 1. The molecule has 1 aliphatic heterocycles. The van der Waals surface area contributed by atoms with E-state index in [0.717, 1.165) is 16.8 Å². The third-order valence-electron chi connectivity index (χ3n) is 3.27. The highest BCUT2D eigenvalue weighted by molar-refractivity contribution is 6.58. The van der Waals surface area contributed by atoms with E-state index in [9.17, 15) is 0 Å². The molecule has 0 amide bonds. The van der Waals surface area contributed by atoms with Crippen molar-refractivity contribution in [1.29, 1.82) is 0 Å². The summed E-state index contributed by atoms with van der Waals surface area (Å²) < 4.78 is 0. The third-order valence-corrected chi connectivity index (χ3v) is 3.27. The quantitative estimate of drug-likeness (QED) is 0.845. The van der Waals surface area contributed by atoms with E-state index >= 15 is 0 Å². The Morgan fingerprint density at radius 2 is 1.86 bits per heavy atom. The highest BCUT2D eigenvalue weighted by Gasteiger charge is 2.24. The Labute approximate surface area is 130 Å². The predicted octanol–water partition coefficient (Wildman–Crippen LogP) is 1.65. The molecule has 1 atom stereocenters. The van der Waals surface area contributed by atoms with Gasteiger partial charge in [-0.25, -0.2) is 0 Å². The second kappa shape index (κ2) is 7.73. The van der Waals surface area contributed by atoms with Crippen LogP contribution in [0.2, 0.25) is 0 Å². The summed E-state index contributed by atoms with van der Waals surface area (Å²) in [5.74, 6) is 0. The zero-order chi connectivity index (χ0) is 15.9. The first-order valence-electron chi connectivity index (χ1n) is 7.33. The Morgan fingerprint density at radius 3 is 2.45 bits per heavy atom. The molecule has 2 N–H and O–H groups in total. The lowest BCUT2D eigenvalue weighted by Gasteiger charge is -2.07. The van der Waals surface area contributed by atoms with Gasteiger partial charge in [0.25, 0.3) is 0 Å². The molecule has 0 fully saturated rings. The number of aromatic nitrogens is 1. The van der Waals surface area contributed by atoms with Gasteiger partial charge >= 0.3 is 7.12 Å². The Bertz CT molecular complexity index is 615. The highest BCUT2D eigenvalue weighted by Crippen LogP contribution is 2.28. The first kappa shape index (κ1) is 16.2. The van der Waals surface area contributed by atoms with Gasteiger partial charge in [-0.3, -0.25) is 4.98 Å². The van der Waals surface area contributed by atoms with Crippen LogP contribution in [-0.2, 0) is 4.84 Å². The lowest BCUT2D eigenvalue weighted by atomic mass is 9.80. The van der Waals surface area contributed by atoms with Crippen molar-refractivity contribution in [3.8, 4) is 0 Å². The minimum Gasteiger partial charge on any atom is -0.423 e.